The van der Waals surface area contributed by atoms with Gasteiger partial charge >= 0.3 is 0 Å². The van der Waals surface area contributed by atoms with Crippen molar-refractivity contribution in [3.8, 4) is 22.9 Å². The van der Waals surface area contributed by atoms with Crippen molar-refractivity contribution in [2.75, 3.05) is 13.2 Å². The van der Waals surface area contributed by atoms with Crippen LogP contribution in [0.2, 0.25) is 0 Å². The molecule has 0 spiro atoms. The quantitative estimate of drug-likeness (QED) is 0.270. The zero-order valence-corrected chi connectivity index (χ0v) is 18.3. The van der Waals surface area contributed by atoms with Crippen molar-refractivity contribution in [2.24, 2.45) is 5.73 Å². The van der Waals surface area contributed by atoms with Crippen LogP contribution in [-0.4, -0.2) is 57.2 Å². The number of ketones is 1. The number of Topliss-reactive ketones (excluding diaryl/α,β-unsaturated/α-hetero) is 1. The van der Waals surface area contributed by atoms with Gasteiger partial charge in [-0.1, -0.05) is 0 Å². The van der Waals surface area contributed by atoms with Crippen molar-refractivity contribution in [1.82, 2.24) is 20.1 Å². The second kappa shape index (κ2) is 9.81. The molecule has 3 N–H and O–H groups in total. The Morgan fingerprint density at radius 2 is 1.68 bits per heavy atom. The van der Waals surface area contributed by atoms with E-state index in [-0.39, 0.29) is 18.8 Å². The monoisotopic (exact) mass is 465 g/mol. The fraction of sp³-hybridized carbons (Fsp3) is 0.261. The predicted molar refractivity (Wildman–Crippen MR) is 118 cm³/mol. The lowest BCUT2D eigenvalue weighted by Gasteiger charge is -2.36. The Hall–Kier alpha value is -4.09. The maximum atomic E-state index is 12.9. The van der Waals surface area contributed by atoms with Crippen molar-refractivity contribution in [3.05, 3.63) is 61.2 Å². The number of imide groups is 1. The number of nitrogens with zero attached hydrogens (tertiary/aromatic N) is 3. The first-order chi connectivity index (χ1) is 16.4. The van der Waals surface area contributed by atoms with Gasteiger partial charge in [0.1, 0.15) is 35.9 Å². The molecule has 1 aliphatic heterocycles. The number of benzene rings is 2. The molecule has 0 aliphatic carbocycles. The fourth-order valence-electron chi connectivity index (χ4n) is 3.44. The van der Waals surface area contributed by atoms with E-state index in [0.717, 1.165) is 5.69 Å². The highest BCUT2D eigenvalue weighted by Crippen LogP contribution is 2.30. The van der Waals surface area contributed by atoms with Gasteiger partial charge in [0, 0.05) is 13.0 Å². The number of nitrogens with two attached hydrogens (primary N) is 1. The summed E-state index contributed by atoms with van der Waals surface area (Å²) in [7, 11) is 0. The number of hydrogen-bond acceptors (Lipinski definition) is 9. The number of hydrogen-bond donors (Lipinski definition) is 2. The normalized spacial score (nSPS) is 20.2. The average molecular weight is 465 g/mol. The molecule has 3 aromatic rings. The molecule has 2 unspecified atom stereocenters. The van der Waals surface area contributed by atoms with Gasteiger partial charge < -0.3 is 19.9 Å². The third-order valence-corrected chi connectivity index (χ3v) is 5.24. The van der Waals surface area contributed by atoms with E-state index in [1.807, 2.05) is 12.1 Å². The van der Waals surface area contributed by atoms with Crippen LogP contribution >= 0.6 is 0 Å². The number of aromatic nitrogens is 3. The summed E-state index contributed by atoms with van der Waals surface area (Å²) in [5.41, 5.74) is 4.57. The van der Waals surface area contributed by atoms with Gasteiger partial charge in [-0.2, -0.15) is 5.10 Å². The van der Waals surface area contributed by atoms with Crippen molar-refractivity contribution in [1.29, 1.82) is 0 Å². The van der Waals surface area contributed by atoms with E-state index in [9.17, 15) is 14.4 Å². The van der Waals surface area contributed by atoms with Crippen LogP contribution in [0.1, 0.15) is 13.3 Å². The largest absolute Gasteiger partial charge is 0.469 e. The summed E-state index contributed by atoms with van der Waals surface area (Å²) in [6, 6.07) is 12.1. The molecule has 11 heteroatoms. The van der Waals surface area contributed by atoms with Crippen LogP contribution in [0.15, 0.2) is 61.2 Å². The Labute approximate surface area is 194 Å². The van der Waals surface area contributed by atoms with Crippen molar-refractivity contribution >= 4 is 17.6 Å². The minimum absolute atomic E-state index is 0.0718. The number of carbonyl (C=O) groups is 3. The lowest BCUT2D eigenvalue weighted by atomic mass is 9.85. The van der Waals surface area contributed by atoms with E-state index in [0.29, 0.717) is 18.1 Å². The highest BCUT2D eigenvalue weighted by atomic mass is 16.5. The highest BCUT2D eigenvalue weighted by Gasteiger charge is 2.56. The summed E-state index contributed by atoms with van der Waals surface area (Å²) < 4.78 is 18.6. The topological polar surface area (TPSA) is 148 Å². The Morgan fingerprint density at radius 1 is 1.03 bits per heavy atom. The highest BCUT2D eigenvalue weighted by molar-refractivity contribution is 6.27. The number of rotatable bonds is 9. The standard InChI is InChI=1S/C23H23N5O6/c1-2-32-12-11-23(20(29)19(24)21(30)27-22(23)31)34-18-9-7-17(8-10-18)33-16-5-3-15(4-6-16)28-14-25-13-26-28/h3-10,13-14,19H,2,11-12,24H2,1H3,(H,27,30,31). The summed E-state index contributed by atoms with van der Waals surface area (Å²) in [6.45, 7) is 2.25. The van der Waals surface area contributed by atoms with Crippen LogP contribution in [-0.2, 0) is 19.1 Å². The van der Waals surface area contributed by atoms with Gasteiger partial charge in [0.2, 0.25) is 11.4 Å². The Bertz CT molecular complexity index is 1160. The second-order valence-electron chi connectivity index (χ2n) is 7.44. The van der Waals surface area contributed by atoms with Gasteiger partial charge in [-0.15, -0.1) is 0 Å². The van der Waals surface area contributed by atoms with Crippen LogP contribution < -0.4 is 20.5 Å². The van der Waals surface area contributed by atoms with E-state index < -0.39 is 29.2 Å². The Kier molecular flexibility index (Phi) is 6.66. The molecule has 0 bridgehead atoms. The first-order valence-electron chi connectivity index (χ1n) is 10.6. The van der Waals surface area contributed by atoms with E-state index in [1.54, 1.807) is 54.3 Å². The van der Waals surface area contributed by atoms with Gasteiger partial charge in [0.25, 0.3) is 11.8 Å². The third-order valence-electron chi connectivity index (χ3n) is 5.24. The number of ether oxygens (including phenoxy) is 3. The molecule has 2 heterocycles. The fourth-order valence-corrected chi connectivity index (χ4v) is 3.44. The molecule has 2 amide bonds. The van der Waals surface area contributed by atoms with E-state index in [4.69, 9.17) is 19.9 Å². The van der Waals surface area contributed by atoms with E-state index in [1.165, 1.54) is 6.33 Å². The lowest BCUT2D eigenvalue weighted by molar-refractivity contribution is -0.159. The molecule has 34 heavy (non-hydrogen) atoms. The molecule has 4 rings (SSSR count). The molecule has 2 aromatic carbocycles. The van der Waals surface area contributed by atoms with Crippen molar-refractivity contribution in [3.63, 3.8) is 0 Å². The van der Waals surface area contributed by atoms with Crippen LogP contribution in [0.25, 0.3) is 5.69 Å². The van der Waals surface area contributed by atoms with Gasteiger partial charge in [-0.3, -0.25) is 19.7 Å². The number of carbonyl (C=O) groups excluding carboxylic acids is 3. The molecular formula is C23H23N5O6. The zero-order valence-electron chi connectivity index (χ0n) is 18.3. The minimum atomic E-state index is -1.97. The second-order valence-corrected chi connectivity index (χ2v) is 7.44. The molecular weight excluding hydrogens is 442 g/mol. The minimum Gasteiger partial charge on any atom is -0.469 e. The molecule has 0 radical (unpaired) electrons. The molecule has 1 fully saturated rings. The average Bonchev–Trinajstić information content (AvgIpc) is 3.38. The first-order valence-corrected chi connectivity index (χ1v) is 10.6. The number of amides is 2. The summed E-state index contributed by atoms with van der Waals surface area (Å²) in [4.78, 5) is 41.3. The van der Waals surface area contributed by atoms with Crippen LogP contribution in [0.4, 0.5) is 0 Å². The van der Waals surface area contributed by atoms with Crippen LogP contribution in [0.5, 0.6) is 17.2 Å². The maximum absolute atomic E-state index is 12.9. The predicted octanol–water partition coefficient (Wildman–Crippen LogP) is 1.16. The summed E-state index contributed by atoms with van der Waals surface area (Å²) in [6.07, 6.45) is 2.95. The molecule has 176 valence electrons. The molecule has 2 atom stereocenters. The molecule has 11 nitrogen and oxygen atoms in total. The van der Waals surface area contributed by atoms with Crippen LogP contribution in [0, 0.1) is 0 Å². The molecule has 1 saturated heterocycles. The van der Waals surface area contributed by atoms with Gasteiger partial charge in [0.05, 0.1) is 12.3 Å². The Balaban J connectivity index is 1.48. The SMILES string of the molecule is CCOCCC1(Oc2ccc(Oc3ccc(-n4cncn4)cc3)cc2)C(=O)NC(=O)C(N)C1=O. The van der Waals surface area contributed by atoms with Gasteiger partial charge in [0.15, 0.2) is 0 Å². The molecule has 1 aliphatic rings. The molecule has 1 aromatic heterocycles. The smallest absolute Gasteiger partial charge is 0.278 e. The maximum Gasteiger partial charge on any atom is 0.278 e. The lowest BCUT2D eigenvalue weighted by Crippen LogP contribution is -2.70. The van der Waals surface area contributed by atoms with Crippen LogP contribution in [0.3, 0.4) is 0 Å². The summed E-state index contributed by atoms with van der Waals surface area (Å²) in [5.74, 6) is -1.20. The first kappa shape index (κ1) is 23.1. The van der Waals surface area contributed by atoms with Crippen molar-refractivity contribution in [2.45, 2.75) is 25.0 Å². The van der Waals surface area contributed by atoms with E-state index in [2.05, 4.69) is 15.4 Å². The molecule has 0 saturated carbocycles. The van der Waals surface area contributed by atoms with E-state index >= 15 is 0 Å². The van der Waals surface area contributed by atoms with Gasteiger partial charge in [-0.25, -0.2) is 9.67 Å². The number of piperidine rings is 1. The Morgan fingerprint density at radius 3 is 2.29 bits per heavy atom. The number of nitrogens with one attached hydrogen (secondary N) is 1. The van der Waals surface area contributed by atoms with Gasteiger partial charge in [-0.05, 0) is 55.5 Å². The summed E-state index contributed by atoms with van der Waals surface area (Å²) >= 11 is 0. The summed E-state index contributed by atoms with van der Waals surface area (Å²) in [5, 5.41) is 6.19. The van der Waals surface area contributed by atoms with Crippen molar-refractivity contribution < 1.29 is 28.6 Å². The third kappa shape index (κ3) is 4.65. The zero-order chi connectivity index (χ0) is 24.1.